The van der Waals surface area contributed by atoms with Crippen LogP contribution in [-0.4, -0.2) is 52.7 Å². The fourth-order valence-corrected chi connectivity index (χ4v) is 4.34. The SMILES string of the molecule is CO[C@H]1[C@@H](S)O[C@H](CO)[C@H](O)C1(N=[N+]=[N-])c1ccc2ncsc2c1. The van der Waals surface area contributed by atoms with Crippen LogP contribution >= 0.6 is 24.0 Å². The van der Waals surface area contributed by atoms with E-state index < -0.39 is 35.9 Å². The first-order valence-corrected chi connectivity index (χ1v) is 8.53. The Morgan fingerprint density at radius 3 is 3.04 bits per heavy atom. The van der Waals surface area contributed by atoms with Gasteiger partial charge in [0.15, 0.2) is 0 Å². The molecule has 1 aromatic carbocycles. The molecule has 2 heterocycles. The molecule has 1 fully saturated rings. The highest BCUT2D eigenvalue weighted by Crippen LogP contribution is 2.45. The second kappa shape index (κ2) is 6.85. The van der Waals surface area contributed by atoms with E-state index in [0.29, 0.717) is 5.56 Å². The van der Waals surface area contributed by atoms with Crippen molar-refractivity contribution < 1.29 is 19.7 Å². The van der Waals surface area contributed by atoms with Gasteiger partial charge in [0.2, 0.25) is 0 Å². The van der Waals surface area contributed by atoms with Crippen molar-refractivity contribution in [2.45, 2.75) is 29.3 Å². The van der Waals surface area contributed by atoms with E-state index in [1.807, 2.05) is 0 Å². The zero-order valence-electron chi connectivity index (χ0n) is 12.7. The summed E-state index contributed by atoms with van der Waals surface area (Å²) in [5.41, 5.74) is 9.93. The zero-order valence-corrected chi connectivity index (χ0v) is 14.4. The average molecular weight is 368 g/mol. The minimum absolute atomic E-state index is 0.444. The number of aliphatic hydroxyl groups excluding tert-OH is 2. The van der Waals surface area contributed by atoms with Crippen LogP contribution in [0.4, 0.5) is 0 Å². The average Bonchev–Trinajstić information content (AvgIpc) is 3.05. The number of rotatable bonds is 4. The van der Waals surface area contributed by atoms with E-state index in [2.05, 4.69) is 27.6 Å². The molecule has 1 aliphatic rings. The smallest absolute Gasteiger partial charge is 0.132 e. The summed E-state index contributed by atoms with van der Waals surface area (Å²) in [4.78, 5) is 7.15. The first kappa shape index (κ1) is 17.4. The van der Waals surface area contributed by atoms with Crippen LogP contribution in [0.15, 0.2) is 28.8 Å². The molecule has 0 aliphatic carbocycles. The molecule has 8 nitrogen and oxygen atoms in total. The molecule has 3 rings (SSSR count). The molecule has 10 heteroatoms. The van der Waals surface area contributed by atoms with Crippen LogP contribution in [0.3, 0.4) is 0 Å². The van der Waals surface area contributed by atoms with Crippen LogP contribution in [0.25, 0.3) is 20.7 Å². The molecular formula is C14H16N4O4S2. The standard InChI is InChI=1S/C14H16N4O4S2/c1-21-12-13(23)22-9(5-19)11(20)14(12,17-18-15)7-2-3-8-10(4-7)24-6-16-8/h2-4,6,9,11-13,19-20,23H,5H2,1H3/t9-,11+,12+,13-,14?/m1/s1. The van der Waals surface area contributed by atoms with Crippen LogP contribution < -0.4 is 0 Å². The van der Waals surface area contributed by atoms with Crippen molar-refractivity contribution in [2.75, 3.05) is 13.7 Å². The van der Waals surface area contributed by atoms with Crippen LogP contribution in [0.1, 0.15) is 5.56 Å². The van der Waals surface area contributed by atoms with E-state index >= 15 is 0 Å². The summed E-state index contributed by atoms with van der Waals surface area (Å²) < 4.78 is 11.8. The minimum atomic E-state index is -1.49. The molecule has 0 saturated carbocycles. The third-order valence-corrected chi connectivity index (χ3v) is 5.43. The predicted octanol–water partition coefficient (Wildman–Crippen LogP) is 1.82. The summed E-state index contributed by atoms with van der Waals surface area (Å²) in [6.45, 7) is -0.444. The number of thiazole rings is 1. The molecule has 0 radical (unpaired) electrons. The van der Waals surface area contributed by atoms with Gasteiger partial charge < -0.3 is 19.7 Å². The molecule has 24 heavy (non-hydrogen) atoms. The summed E-state index contributed by atoms with van der Waals surface area (Å²) >= 11 is 5.78. The van der Waals surface area contributed by atoms with Crippen LogP contribution in [-0.2, 0) is 15.0 Å². The largest absolute Gasteiger partial charge is 0.394 e. The first-order chi connectivity index (χ1) is 11.6. The third-order valence-electron chi connectivity index (χ3n) is 4.25. The molecular weight excluding hydrogens is 352 g/mol. The lowest BCUT2D eigenvalue weighted by Gasteiger charge is -2.49. The van der Waals surface area contributed by atoms with Gasteiger partial charge in [0, 0.05) is 12.0 Å². The van der Waals surface area contributed by atoms with Crippen molar-refractivity contribution in [3.63, 3.8) is 0 Å². The van der Waals surface area contributed by atoms with E-state index in [9.17, 15) is 10.2 Å². The number of methoxy groups -OCH3 is 1. The quantitative estimate of drug-likeness (QED) is 0.329. The van der Waals surface area contributed by atoms with E-state index in [1.54, 1.807) is 23.7 Å². The maximum absolute atomic E-state index is 10.8. The van der Waals surface area contributed by atoms with E-state index in [0.717, 1.165) is 10.2 Å². The summed E-state index contributed by atoms with van der Waals surface area (Å²) in [5, 5.41) is 24.3. The van der Waals surface area contributed by atoms with Crippen molar-refractivity contribution >= 4 is 34.2 Å². The normalized spacial score (nSPS) is 33.3. The van der Waals surface area contributed by atoms with Gasteiger partial charge in [-0.15, -0.1) is 24.0 Å². The van der Waals surface area contributed by atoms with Crippen LogP contribution in [0.2, 0.25) is 0 Å². The van der Waals surface area contributed by atoms with Crippen molar-refractivity contribution in [2.24, 2.45) is 5.11 Å². The summed E-state index contributed by atoms with van der Waals surface area (Å²) in [5.74, 6) is 0. The fourth-order valence-electron chi connectivity index (χ4n) is 3.12. The number of benzene rings is 1. The number of hydrogen-bond donors (Lipinski definition) is 3. The Bertz CT molecular complexity index is 781. The number of hydrogen-bond acceptors (Lipinski definition) is 8. The molecule has 5 atom stereocenters. The lowest BCUT2D eigenvalue weighted by atomic mass is 9.76. The van der Waals surface area contributed by atoms with Gasteiger partial charge in [-0.1, -0.05) is 11.2 Å². The Hall–Kier alpha value is -1.39. The number of ether oxygens (including phenoxy) is 2. The van der Waals surface area contributed by atoms with E-state index in [4.69, 9.17) is 15.0 Å². The van der Waals surface area contributed by atoms with Gasteiger partial charge in [-0.3, -0.25) is 0 Å². The van der Waals surface area contributed by atoms with Crippen LogP contribution in [0, 0.1) is 0 Å². The molecule has 2 N–H and O–H groups in total. The van der Waals surface area contributed by atoms with Gasteiger partial charge in [-0.25, -0.2) is 4.98 Å². The lowest BCUT2D eigenvalue weighted by Crippen LogP contribution is -2.63. The molecule has 2 aromatic rings. The Labute approximate surface area is 147 Å². The number of aliphatic hydroxyl groups is 2. The van der Waals surface area contributed by atoms with Crippen molar-refractivity contribution in [3.05, 3.63) is 39.7 Å². The highest BCUT2D eigenvalue weighted by atomic mass is 32.1. The Balaban J connectivity index is 2.24. The Morgan fingerprint density at radius 1 is 1.58 bits per heavy atom. The second-order valence-electron chi connectivity index (χ2n) is 5.40. The predicted molar refractivity (Wildman–Crippen MR) is 92.0 cm³/mol. The van der Waals surface area contributed by atoms with Crippen LogP contribution in [0.5, 0.6) is 0 Å². The fraction of sp³-hybridized carbons (Fsp3) is 0.500. The molecule has 0 amide bonds. The third kappa shape index (κ3) is 2.56. The number of aromatic nitrogens is 1. The molecule has 128 valence electrons. The number of fused-ring (bicyclic) bond motifs is 1. The molecule has 1 aliphatic heterocycles. The summed E-state index contributed by atoms with van der Waals surface area (Å²) in [7, 11) is 1.43. The van der Waals surface area contributed by atoms with Crippen molar-refractivity contribution in [3.8, 4) is 0 Å². The summed E-state index contributed by atoms with van der Waals surface area (Å²) in [6.07, 6.45) is -3.11. The number of thiol groups is 1. The highest BCUT2D eigenvalue weighted by Gasteiger charge is 2.56. The number of azide groups is 1. The maximum atomic E-state index is 10.8. The zero-order chi connectivity index (χ0) is 17.3. The highest BCUT2D eigenvalue weighted by molar-refractivity contribution is 7.80. The van der Waals surface area contributed by atoms with Gasteiger partial charge in [0.1, 0.15) is 29.3 Å². The molecule has 0 bridgehead atoms. The lowest BCUT2D eigenvalue weighted by molar-refractivity contribution is -0.201. The topological polar surface area (TPSA) is 121 Å². The van der Waals surface area contributed by atoms with Gasteiger partial charge in [-0.05, 0) is 23.2 Å². The molecule has 1 aromatic heterocycles. The minimum Gasteiger partial charge on any atom is -0.394 e. The molecule has 1 saturated heterocycles. The number of nitrogens with zero attached hydrogens (tertiary/aromatic N) is 4. The summed E-state index contributed by atoms with van der Waals surface area (Å²) in [6, 6.07) is 5.32. The van der Waals surface area contributed by atoms with Gasteiger partial charge >= 0.3 is 0 Å². The maximum Gasteiger partial charge on any atom is 0.132 e. The van der Waals surface area contributed by atoms with Crippen molar-refractivity contribution in [1.29, 1.82) is 0 Å². The Morgan fingerprint density at radius 2 is 2.38 bits per heavy atom. The first-order valence-electron chi connectivity index (χ1n) is 7.13. The monoisotopic (exact) mass is 368 g/mol. The van der Waals surface area contributed by atoms with E-state index in [1.165, 1.54) is 18.4 Å². The van der Waals surface area contributed by atoms with Gasteiger partial charge in [0.05, 0.1) is 22.3 Å². The van der Waals surface area contributed by atoms with Crippen molar-refractivity contribution in [1.82, 2.24) is 4.98 Å². The second-order valence-corrected chi connectivity index (χ2v) is 6.79. The van der Waals surface area contributed by atoms with Gasteiger partial charge in [-0.2, -0.15) is 0 Å². The molecule has 0 spiro atoms. The molecule has 1 unspecified atom stereocenters. The van der Waals surface area contributed by atoms with E-state index in [-0.39, 0.29) is 0 Å². The van der Waals surface area contributed by atoms with Gasteiger partial charge in [0.25, 0.3) is 0 Å². The Kier molecular flexibility index (Phi) is 4.97.